The molecule has 1 saturated carbocycles. The Morgan fingerprint density at radius 3 is 2.50 bits per heavy atom. The van der Waals surface area contributed by atoms with Crippen LogP contribution in [0, 0.1) is 27.7 Å². The maximum absolute atomic E-state index is 12.8. The van der Waals surface area contributed by atoms with Gasteiger partial charge in [-0.2, -0.15) is 10.2 Å². The number of H-pyrrole nitrogens is 1. The van der Waals surface area contributed by atoms with E-state index in [0.29, 0.717) is 5.95 Å². The van der Waals surface area contributed by atoms with E-state index in [4.69, 9.17) is 0 Å². The van der Waals surface area contributed by atoms with Crippen molar-refractivity contribution in [3.63, 3.8) is 0 Å². The molecule has 1 amide bonds. The molecule has 146 valence electrons. The molecule has 3 aromatic heterocycles. The molecule has 0 bridgehead atoms. The molecule has 0 spiro atoms. The second-order valence-electron chi connectivity index (χ2n) is 7.51. The van der Waals surface area contributed by atoms with Crippen LogP contribution in [0.15, 0.2) is 12.4 Å². The van der Waals surface area contributed by atoms with E-state index in [-0.39, 0.29) is 12.3 Å². The van der Waals surface area contributed by atoms with E-state index in [0.717, 1.165) is 53.4 Å². The van der Waals surface area contributed by atoms with Crippen molar-refractivity contribution in [2.45, 2.75) is 58.9 Å². The summed E-state index contributed by atoms with van der Waals surface area (Å²) in [7, 11) is 0. The summed E-state index contributed by atoms with van der Waals surface area (Å²) in [5.74, 6) is 1.20. The molecule has 0 saturated heterocycles. The van der Waals surface area contributed by atoms with Crippen LogP contribution in [0.2, 0.25) is 0 Å². The zero-order valence-corrected chi connectivity index (χ0v) is 16.6. The fraction of sp³-hybridized carbons (Fsp3) is 0.474. The Morgan fingerprint density at radius 1 is 1.21 bits per heavy atom. The number of aromatic amines is 1. The highest BCUT2D eigenvalue weighted by Crippen LogP contribution is 2.39. The lowest BCUT2D eigenvalue weighted by Crippen LogP contribution is -2.52. The third kappa shape index (κ3) is 3.17. The monoisotopic (exact) mass is 380 g/mol. The van der Waals surface area contributed by atoms with E-state index in [1.165, 1.54) is 6.33 Å². The van der Waals surface area contributed by atoms with Gasteiger partial charge in [0.05, 0.1) is 17.7 Å². The van der Waals surface area contributed by atoms with E-state index >= 15 is 0 Å². The summed E-state index contributed by atoms with van der Waals surface area (Å²) in [4.78, 5) is 26.1. The van der Waals surface area contributed by atoms with Crippen molar-refractivity contribution in [2.75, 3.05) is 0 Å². The Morgan fingerprint density at radius 2 is 1.93 bits per heavy atom. The van der Waals surface area contributed by atoms with Gasteiger partial charge in [0.1, 0.15) is 12.2 Å². The Labute approximate surface area is 163 Å². The molecule has 9 heteroatoms. The first kappa shape index (κ1) is 18.3. The highest BCUT2D eigenvalue weighted by molar-refractivity contribution is 5.80. The van der Waals surface area contributed by atoms with Gasteiger partial charge in [-0.05, 0) is 53.0 Å². The average molecular weight is 380 g/mol. The van der Waals surface area contributed by atoms with Crippen LogP contribution in [0.25, 0.3) is 5.95 Å². The number of nitrogens with zero attached hydrogens (tertiary/aromatic N) is 6. The molecule has 3 aromatic rings. The molecule has 4 rings (SSSR count). The number of aryl methyl sites for hydroxylation is 3. The smallest absolute Gasteiger partial charge is 0.251 e. The van der Waals surface area contributed by atoms with Crippen LogP contribution in [0.4, 0.5) is 0 Å². The first-order valence-electron chi connectivity index (χ1n) is 9.42. The van der Waals surface area contributed by atoms with Crippen molar-refractivity contribution in [1.29, 1.82) is 0 Å². The van der Waals surface area contributed by atoms with Crippen molar-refractivity contribution >= 4 is 5.91 Å². The second-order valence-corrected chi connectivity index (χ2v) is 7.51. The van der Waals surface area contributed by atoms with Gasteiger partial charge in [0, 0.05) is 22.6 Å². The molecule has 9 nitrogen and oxygen atoms in total. The van der Waals surface area contributed by atoms with Crippen molar-refractivity contribution in [1.82, 2.24) is 40.2 Å². The Balaban J connectivity index is 1.57. The average Bonchev–Trinajstić information content (AvgIpc) is 3.22. The molecule has 0 unspecified atom stereocenters. The summed E-state index contributed by atoms with van der Waals surface area (Å²) < 4.78 is 1.72. The van der Waals surface area contributed by atoms with Gasteiger partial charge < -0.3 is 5.32 Å². The van der Waals surface area contributed by atoms with Gasteiger partial charge in [0.2, 0.25) is 5.91 Å². The van der Waals surface area contributed by atoms with Crippen LogP contribution in [0.1, 0.15) is 53.4 Å². The number of rotatable bonds is 5. The summed E-state index contributed by atoms with van der Waals surface area (Å²) in [5, 5.41) is 14.6. The third-order valence-electron chi connectivity index (χ3n) is 5.39. The van der Waals surface area contributed by atoms with Crippen molar-refractivity contribution in [3.8, 4) is 5.95 Å². The molecule has 2 N–H and O–H groups in total. The first-order chi connectivity index (χ1) is 13.4. The lowest BCUT2D eigenvalue weighted by molar-refractivity contribution is -0.123. The lowest BCUT2D eigenvalue weighted by Gasteiger charge is -2.40. The molecule has 0 aliphatic heterocycles. The molecule has 1 fully saturated rings. The molecule has 1 aliphatic rings. The van der Waals surface area contributed by atoms with E-state index in [1.54, 1.807) is 4.68 Å². The maximum Gasteiger partial charge on any atom is 0.251 e. The quantitative estimate of drug-likeness (QED) is 0.697. The van der Waals surface area contributed by atoms with Crippen LogP contribution in [0.3, 0.4) is 0 Å². The van der Waals surface area contributed by atoms with Crippen LogP contribution < -0.4 is 5.32 Å². The Kier molecular flexibility index (Phi) is 4.44. The molecule has 1 aliphatic carbocycles. The third-order valence-corrected chi connectivity index (χ3v) is 5.39. The van der Waals surface area contributed by atoms with Gasteiger partial charge in [-0.25, -0.2) is 19.6 Å². The minimum absolute atomic E-state index is 0.0526. The number of carbonyl (C=O) groups excluding carboxylic acids is 1. The molecule has 3 heterocycles. The minimum Gasteiger partial charge on any atom is -0.343 e. The van der Waals surface area contributed by atoms with E-state index in [2.05, 4.69) is 35.6 Å². The number of hydrogen-bond donors (Lipinski definition) is 2. The fourth-order valence-electron chi connectivity index (χ4n) is 3.79. The van der Waals surface area contributed by atoms with Crippen LogP contribution in [-0.4, -0.2) is 40.8 Å². The topological polar surface area (TPSA) is 114 Å². The van der Waals surface area contributed by atoms with Crippen LogP contribution in [-0.2, 0) is 16.8 Å². The highest BCUT2D eigenvalue weighted by atomic mass is 16.1. The van der Waals surface area contributed by atoms with Gasteiger partial charge in [-0.15, -0.1) is 0 Å². The predicted molar refractivity (Wildman–Crippen MR) is 102 cm³/mol. The van der Waals surface area contributed by atoms with Crippen LogP contribution in [0.5, 0.6) is 0 Å². The minimum atomic E-state index is -0.428. The predicted octanol–water partition coefficient (Wildman–Crippen LogP) is 1.75. The Hall–Kier alpha value is -3.10. The standard InChI is InChI=1S/C19H24N8O/c1-11-8-12(2)23-18(22-11)27-14(4)15(13(3)26-27)9-16(28)24-19(6-5-7-19)17-20-10-21-25-17/h8,10H,5-7,9H2,1-4H3,(H,24,28)(H,20,21,25). The van der Waals surface area contributed by atoms with E-state index in [1.807, 2.05) is 33.8 Å². The summed E-state index contributed by atoms with van der Waals surface area (Å²) in [6.07, 6.45) is 4.51. The number of nitrogens with one attached hydrogen (secondary N) is 2. The first-order valence-corrected chi connectivity index (χ1v) is 9.42. The number of amides is 1. The summed E-state index contributed by atoms with van der Waals surface area (Å²) in [5.41, 5.74) is 3.91. The number of carbonyl (C=O) groups is 1. The zero-order valence-electron chi connectivity index (χ0n) is 16.6. The number of hydrogen-bond acceptors (Lipinski definition) is 6. The van der Waals surface area contributed by atoms with Crippen molar-refractivity contribution in [2.24, 2.45) is 0 Å². The molecule has 0 aromatic carbocycles. The summed E-state index contributed by atoms with van der Waals surface area (Å²) in [6, 6.07) is 1.92. The molecule has 0 radical (unpaired) electrons. The van der Waals surface area contributed by atoms with Crippen LogP contribution >= 0.6 is 0 Å². The summed E-state index contributed by atoms with van der Waals surface area (Å²) in [6.45, 7) is 7.71. The maximum atomic E-state index is 12.8. The Bertz CT molecular complexity index is 997. The second kappa shape index (κ2) is 6.81. The van der Waals surface area contributed by atoms with Gasteiger partial charge >= 0.3 is 0 Å². The van der Waals surface area contributed by atoms with E-state index < -0.39 is 5.54 Å². The molecular weight excluding hydrogens is 356 g/mol. The van der Waals surface area contributed by atoms with Crippen molar-refractivity contribution in [3.05, 3.63) is 46.6 Å². The van der Waals surface area contributed by atoms with E-state index in [9.17, 15) is 4.79 Å². The normalized spacial score (nSPS) is 15.3. The lowest BCUT2D eigenvalue weighted by atomic mass is 9.76. The molecule has 28 heavy (non-hydrogen) atoms. The zero-order chi connectivity index (χ0) is 19.9. The fourth-order valence-corrected chi connectivity index (χ4v) is 3.79. The molecular formula is C19H24N8O. The van der Waals surface area contributed by atoms with Gasteiger partial charge in [0.25, 0.3) is 5.95 Å². The number of aromatic nitrogens is 7. The SMILES string of the molecule is Cc1cc(C)nc(-n2nc(C)c(CC(=O)NC3(c4ncn[nH]4)CCC3)c2C)n1. The van der Waals surface area contributed by atoms with Gasteiger partial charge in [0.15, 0.2) is 0 Å². The van der Waals surface area contributed by atoms with Gasteiger partial charge in [-0.3, -0.25) is 9.89 Å². The largest absolute Gasteiger partial charge is 0.343 e. The highest BCUT2D eigenvalue weighted by Gasteiger charge is 2.42. The molecule has 0 atom stereocenters. The van der Waals surface area contributed by atoms with Crippen molar-refractivity contribution < 1.29 is 4.79 Å². The van der Waals surface area contributed by atoms with Gasteiger partial charge in [-0.1, -0.05) is 0 Å². The summed E-state index contributed by atoms with van der Waals surface area (Å²) >= 11 is 0.